The summed E-state index contributed by atoms with van der Waals surface area (Å²) in [5.41, 5.74) is 2.99. The maximum atomic E-state index is 15.6. The van der Waals surface area contributed by atoms with E-state index in [1.54, 1.807) is 55.6 Å². The van der Waals surface area contributed by atoms with Gasteiger partial charge in [-0.1, -0.05) is 29.3 Å². The molecule has 0 radical (unpaired) electrons. The van der Waals surface area contributed by atoms with E-state index in [1.165, 1.54) is 4.31 Å². The molecule has 1 saturated heterocycles. The van der Waals surface area contributed by atoms with Crippen LogP contribution >= 0.6 is 0 Å². The number of hydrogen-bond donors (Lipinski definition) is 0. The van der Waals surface area contributed by atoms with Gasteiger partial charge in [0.05, 0.1) is 12.0 Å². The van der Waals surface area contributed by atoms with Crippen LogP contribution in [0.25, 0.3) is 5.83 Å². The monoisotopic (exact) mass is 427 g/mol. The molecule has 0 aromatic heterocycles. The van der Waals surface area contributed by atoms with E-state index >= 15 is 4.39 Å². The second kappa shape index (κ2) is 8.36. The van der Waals surface area contributed by atoms with Gasteiger partial charge in [-0.2, -0.15) is 4.31 Å². The maximum Gasteiger partial charge on any atom is 0.243 e. The van der Waals surface area contributed by atoms with E-state index in [0.717, 1.165) is 30.4 Å². The van der Waals surface area contributed by atoms with Gasteiger partial charge in [-0.05, 0) is 68.2 Å². The zero-order valence-electron chi connectivity index (χ0n) is 17.3. The summed E-state index contributed by atoms with van der Waals surface area (Å²) in [5.74, 6) is 0.284. The summed E-state index contributed by atoms with van der Waals surface area (Å²) in [7, 11) is -2.15. The molecule has 1 atom stereocenters. The minimum Gasteiger partial charge on any atom is -0.497 e. The summed E-state index contributed by atoms with van der Waals surface area (Å²) in [6, 6.07) is 13.6. The van der Waals surface area contributed by atoms with Crippen LogP contribution in [0.5, 0.6) is 5.75 Å². The molecule has 1 heterocycles. The number of ether oxygens (including phenoxy) is 1. The molecular formula is C24H26FNO3S. The van der Waals surface area contributed by atoms with Crippen molar-refractivity contribution in [1.82, 2.24) is 4.31 Å². The normalized spacial score (nSPS) is 21.6. The zero-order valence-corrected chi connectivity index (χ0v) is 18.1. The van der Waals surface area contributed by atoms with E-state index in [2.05, 4.69) is 6.08 Å². The van der Waals surface area contributed by atoms with Crippen LogP contribution in [0.15, 0.2) is 70.6 Å². The molecule has 1 unspecified atom stereocenters. The average Bonchev–Trinajstić information content (AvgIpc) is 2.78. The Morgan fingerprint density at radius 3 is 2.43 bits per heavy atom. The van der Waals surface area contributed by atoms with Crippen LogP contribution < -0.4 is 4.74 Å². The molecule has 0 amide bonds. The zero-order chi connectivity index (χ0) is 21.3. The molecule has 30 heavy (non-hydrogen) atoms. The first-order valence-corrected chi connectivity index (χ1v) is 11.6. The summed E-state index contributed by atoms with van der Waals surface area (Å²) < 4.78 is 48.8. The van der Waals surface area contributed by atoms with E-state index in [-0.39, 0.29) is 23.2 Å². The van der Waals surface area contributed by atoms with E-state index in [1.807, 2.05) is 6.92 Å². The first kappa shape index (κ1) is 20.8. The highest BCUT2D eigenvalue weighted by molar-refractivity contribution is 7.89. The molecule has 6 heteroatoms. The standard InChI is InChI=1S/C24H26FNO3S/c1-17-7-13-21(14-8-17)30(27,28)26-15-19-5-3-4-6-22(19)23(16-26)24(25)18-9-11-20(29-2)12-10-18/h5,7-14,22H,3-4,6,15-16H2,1-2H3/b24-23+. The predicted octanol–water partition coefficient (Wildman–Crippen LogP) is 5.12. The summed E-state index contributed by atoms with van der Waals surface area (Å²) in [5, 5.41) is 0. The van der Waals surface area contributed by atoms with Gasteiger partial charge >= 0.3 is 0 Å². The minimum atomic E-state index is -3.72. The highest BCUT2D eigenvalue weighted by atomic mass is 32.2. The highest BCUT2D eigenvalue weighted by Crippen LogP contribution is 2.41. The smallest absolute Gasteiger partial charge is 0.243 e. The maximum absolute atomic E-state index is 15.6. The van der Waals surface area contributed by atoms with E-state index in [9.17, 15) is 8.42 Å². The van der Waals surface area contributed by atoms with Crippen LogP contribution in [0.4, 0.5) is 4.39 Å². The Kier molecular flexibility index (Phi) is 5.80. The lowest BCUT2D eigenvalue weighted by Crippen LogP contribution is -2.42. The van der Waals surface area contributed by atoms with Gasteiger partial charge in [-0.25, -0.2) is 12.8 Å². The first-order chi connectivity index (χ1) is 14.4. The molecule has 0 spiro atoms. The van der Waals surface area contributed by atoms with Crippen LogP contribution in [0.1, 0.15) is 30.4 Å². The fourth-order valence-corrected chi connectivity index (χ4v) is 5.65. The third kappa shape index (κ3) is 3.94. The van der Waals surface area contributed by atoms with Crippen LogP contribution in [0, 0.1) is 12.8 Å². The van der Waals surface area contributed by atoms with E-state index < -0.39 is 10.0 Å². The molecule has 4 nitrogen and oxygen atoms in total. The van der Waals surface area contributed by atoms with Crippen molar-refractivity contribution in [2.75, 3.05) is 20.2 Å². The fraction of sp³-hybridized carbons (Fsp3) is 0.333. The van der Waals surface area contributed by atoms with Crippen molar-refractivity contribution < 1.29 is 17.5 Å². The number of piperidine rings is 1. The van der Waals surface area contributed by atoms with Crippen molar-refractivity contribution in [1.29, 1.82) is 0 Å². The van der Waals surface area contributed by atoms with Crippen LogP contribution in [0.2, 0.25) is 0 Å². The molecule has 0 bridgehead atoms. The Hall–Kier alpha value is -2.44. The molecular weight excluding hydrogens is 401 g/mol. The summed E-state index contributed by atoms with van der Waals surface area (Å²) >= 11 is 0. The van der Waals surface area contributed by atoms with Gasteiger partial charge in [0.15, 0.2) is 0 Å². The van der Waals surface area contributed by atoms with Gasteiger partial charge in [-0.15, -0.1) is 0 Å². The lowest BCUT2D eigenvalue weighted by Gasteiger charge is -2.38. The molecule has 158 valence electrons. The molecule has 0 N–H and O–H groups in total. The molecule has 1 fully saturated rings. The number of nitrogens with zero attached hydrogens (tertiary/aromatic N) is 1. The molecule has 2 aromatic rings. The van der Waals surface area contributed by atoms with Crippen molar-refractivity contribution in [3.05, 3.63) is 76.9 Å². The Morgan fingerprint density at radius 1 is 1.07 bits per heavy atom. The van der Waals surface area contributed by atoms with Crippen LogP contribution in [-0.4, -0.2) is 32.9 Å². The van der Waals surface area contributed by atoms with Gasteiger partial charge in [-0.3, -0.25) is 0 Å². The molecule has 1 aliphatic carbocycles. The SMILES string of the molecule is COc1ccc(/C(F)=C2/CN(S(=O)(=O)c3ccc(C)cc3)CC3=CCCCC32)cc1. The number of fused-ring (bicyclic) bond motifs is 1. The van der Waals surface area contributed by atoms with E-state index in [4.69, 9.17) is 4.74 Å². The van der Waals surface area contributed by atoms with Gasteiger partial charge in [0.2, 0.25) is 10.0 Å². The summed E-state index contributed by atoms with van der Waals surface area (Å²) in [4.78, 5) is 0.243. The van der Waals surface area contributed by atoms with E-state index in [0.29, 0.717) is 23.4 Å². The molecule has 4 rings (SSSR count). The number of hydrogen-bond acceptors (Lipinski definition) is 3. The second-order valence-corrected chi connectivity index (χ2v) is 9.85. The fourth-order valence-electron chi connectivity index (χ4n) is 4.24. The van der Waals surface area contributed by atoms with Gasteiger partial charge in [0, 0.05) is 24.6 Å². The number of benzene rings is 2. The predicted molar refractivity (Wildman–Crippen MR) is 116 cm³/mol. The lowest BCUT2D eigenvalue weighted by atomic mass is 9.79. The Bertz CT molecular complexity index is 1090. The third-order valence-electron chi connectivity index (χ3n) is 5.96. The van der Waals surface area contributed by atoms with Gasteiger partial charge in [0.1, 0.15) is 11.6 Å². The van der Waals surface area contributed by atoms with Crippen LogP contribution in [-0.2, 0) is 10.0 Å². The molecule has 2 aromatic carbocycles. The lowest BCUT2D eigenvalue weighted by molar-refractivity contribution is 0.379. The van der Waals surface area contributed by atoms with Crippen molar-refractivity contribution in [3.63, 3.8) is 0 Å². The number of rotatable bonds is 4. The van der Waals surface area contributed by atoms with Crippen molar-refractivity contribution in [3.8, 4) is 5.75 Å². The second-order valence-electron chi connectivity index (χ2n) is 7.92. The number of halogens is 1. The third-order valence-corrected chi connectivity index (χ3v) is 7.77. The minimum absolute atomic E-state index is 0.0367. The van der Waals surface area contributed by atoms with Crippen molar-refractivity contribution in [2.24, 2.45) is 5.92 Å². The topological polar surface area (TPSA) is 46.6 Å². The van der Waals surface area contributed by atoms with Gasteiger partial charge in [0.25, 0.3) is 0 Å². The summed E-state index contributed by atoms with van der Waals surface area (Å²) in [6.45, 7) is 2.30. The van der Waals surface area contributed by atoms with Gasteiger partial charge < -0.3 is 4.74 Å². The van der Waals surface area contributed by atoms with Crippen LogP contribution in [0.3, 0.4) is 0 Å². The first-order valence-electron chi connectivity index (χ1n) is 10.2. The Labute approximate surface area is 177 Å². The Morgan fingerprint density at radius 2 is 1.77 bits per heavy atom. The number of sulfonamides is 1. The highest BCUT2D eigenvalue weighted by Gasteiger charge is 2.37. The average molecular weight is 428 g/mol. The largest absolute Gasteiger partial charge is 0.497 e. The molecule has 1 aliphatic heterocycles. The molecule has 2 aliphatic rings. The number of aryl methyl sites for hydroxylation is 1. The van der Waals surface area contributed by atoms with Crippen molar-refractivity contribution >= 4 is 15.9 Å². The Balaban J connectivity index is 1.75. The molecule has 0 saturated carbocycles. The number of methoxy groups -OCH3 is 1. The summed E-state index contributed by atoms with van der Waals surface area (Å²) in [6.07, 6.45) is 4.83. The number of allylic oxidation sites excluding steroid dienone is 1. The van der Waals surface area contributed by atoms with Crippen molar-refractivity contribution in [2.45, 2.75) is 31.1 Å². The quantitative estimate of drug-likeness (QED) is 0.637.